The number of carbonyl (C=O) groups excluding carboxylic acids is 2. The molecule has 5 nitrogen and oxygen atoms in total. The SMILES string of the molecule is CC(=O)NC(C(=O)NCCN(C)C)C(C)C. The van der Waals surface area contributed by atoms with Crippen LogP contribution in [-0.2, 0) is 9.59 Å². The smallest absolute Gasteiger partial charge is 0.242 e. The Morgan fingerprint density at radius 1 is 1.25 bits per heavy atom. The zero-order valence-corrected chi connectivity index (χ0v) is 10.8. The molecule has 0 spiro atoms. The van der Waals surface area contributed by atoms with Crippen LogP contribution in [0.25, 0.3) is 0 Å². The quantitative estimate of drug-likeness (QED) is 0.664. The van der Waals surface area contributed by atoms with E-state index in [0.717, 1.165) is 6.54 Å². The molecule has 16 heavy (non-hydrogen) atoms. The van der Waals surface area contributed by atoms with E-state index in [9.17, 15) is 9.59 Å². The molecule has 0 bridgehead atoms. The van der Waals surface area contributed by atoms with Crippen molar-refractivity contribution in [1.29, 1.82) is 0 Å². The summed E-state index contributed by atoms with van der Waals surface area (Å²) >= 11 is 0. The van der Waals surface area contributed by atoms with Crippen LogP contribution in [0.4, 0.5) is 0 Å². The molecule has 94 valence electrons. The lowest BCUT2D eigenvalue weighted by molar-refractivity contribution is -0.129. The summed E-state index contributed by atoms with van der Waals surface area (Å²) < 4.78 is 0. The number of nitrogens with zero attached hydrogens (tertiary/aromatic N) is 1. The van der Waals surface area contributed by atoms with E-state index in [-0.39, 0.29) is 17.7 Å². The molecule has 2 N–H and O–H groups in total. The fourth-order valence-electron chi connectivity index (χ4n) is 1.27. The van der Waals surface area contributed by atoms with E-state index in [1.807, 2.05) is 32.8 Å². The number of amides is 2. The molecule has 0 aromatic heterocycles. The van der Waals surface area contributed by atoms with Gasteiger partial charge in [0.15, 0.2) is 0 Å². The highest BCUT2D eigenvalue weighted by Gasteiger charge is 2.22. The summed E-state index contributed by atoms with van der Waals surface area (Å²) in [6.45, 7) is 6.62. The van der Waals surface area contributed by atoms with Crippen LogP contribution in [0.3, 0.4) is 0 Å². The molecular formula is C11H23N3O2. The minimum absolute atomic E-state index is 0.0863. The molecule has 1 atom stereocenters. The van der Waals surface area contributed by atoms with Crippen molar-refractivity contribution in [3.8, 4) is 0 Å². The van der Waals surface area contributed by atoms with Crippen LogP contribution < -0.4 is 10.6 Å². The van der Waals surface area contributed by atoms with Gasteiger partial charge < -0.3 is 15.5 Å². The first kappa shape index (κ1) is 14.9. The average molecular weight is 229 g/mol. The number of carbonyl (C=O) groups is 2. The van der Waals surface area contributed by atoms with E-state index in [0.29, 0.717) is 6.54 Å². The summed E-state index contributed by atoms with van der Waals surface area (Å²) in [6.07, 6.45) is 0. The van der Waals surface area contributed by atoms with Gasteiger partial charge >= 0.3 is 0 Å². The second kappa shape index (κ2) is 7.22. The van der Waals surface area contributed by atoms with Crippen LogP contribution in [0, 0.1) is 5.92 Å². The lowest BCUT2D eigenvalue weighted by Gasteiger charge is -2.21. The Morgan fingerprint density at radius 3 is 2.19 bits per heavy atom. The molecule has 2 amide bonds. The molecule has 0 fully saturated rings. The first-order valence-electron chi connectivity index (χ1n) is 5.54. The van der Waals surface area contributed by atoms with E-state index in [1.54, 1.807) is 0 Å². The van der Waals surface area contributed by atoms with Gasteiger partial charge in [0.25, 0.3) is 0 Å². The molecule has 0 radical (unpaired) electrons. The molecule has 0 aromatic rings. The van der Waals surface area contributed by atoms with E-state index in [1.165, 1.54) is 6.92 Å². The largest absolute Gasteiger partial charge is 0.353 e. The zero-order chi connectivity index (χ0) is 12.7. The monoisotopic (exact) mass is 229 g/mol. The Morgan fingerprint density at radius 2 is 1.81 bits per heavy atom. The van der Waals surface area contributed by atoms with Gasteiger partial charge in [-0.1, -0.05) is 13.8 Å². The molecule has 0 saturated carbocycles. The summed E-state index contributed by atoms with van der Waals surface area (Å²) in [5.74, 6) is -0.211. The van der Waals surface area contributed by atoms with Crippen molar-refractivity contribution in [2.75, 3.05) is 27.2 Å². The van der Waals surface area contributed by atoms with E-state index < -0.39 is 6.04 Å². The van der Waals surface area contributed by atoms with Gasteiger partial charge in [-0.25, -0.2) is 0 Å². The summed E-state index contributed by atoms with van der Waals surface area (Å²) in [6, 6.07) is -0.445. The molecule has 0 aliphatic rings. The average Bonchev–Trinajstić information content (AvgIpc) is 2.12. The minimum Gasteiger partial charge on any atom is -0.353 e. The summed E-state index contributed by atoms with van der Waals surface area (Å²) in [7, 11) is 3.89. The van der Waals surface area contributed by atoms with Crippen LogP contribution in [-0.4, -0.2) is 49.9 Å². The molecular weight excluding hydrogens is 206 g/mol. The van der Waals surface area contributed by atoms with Crippen molar-refractivity contribution < 1.29 is 9.59 Å². The zero-order valence-electron chi connectivity index (χ0n) is 10.8. The molecule has 0 aliphatic heterocycles. The van der Waals surface area contributed by atoms with Crippen molar-refractivity contribution in [2.24, 2.45) is 5.92 Å². The highest BCUT2D eigenvalue weighted by Crippen LogP contribution is 2.01. The first-order chi connectivity index (χ1) is 7.34. The standard InChI is InChI=1S/C11H23N3O2/c1-8(2)10(13-9(3)15)11(16)12-6-7-14(4)5/h8,10H,6-7H2,1-5H3,(H,12,16)(H,13,15). The minimum atomic E-state index is -0.445. The topological polar surface area (TPSA) is 61.4 Å². The number of hydrogen-bond acceptors (Lipinski definition) is 3. The van der Waals surface area contributed by atoms with Gasteiger partial charge in [-0.3, -0.25) is 9.59 Å². The Bertz CT molecular complexity index is 239. The Hall–Kier alpha value is -1.10. The third-order valence-electron chi connectivity index (χ3n) is 2.17. The molecule has 0 saturated heterocycles. The molecule has 0 aromatic carbocycles. The van der Waals surface area contributed by atoms with Crippen LogP contribution in [0.1, 0.15) is 20.8 Å². The highest BCUT2D eigenvalue weighted by molar-refractivity contribution is 5.86. The maximum Gasteiger partial charge on any atom is 0.242 e. The molecule has 0 aliphatic carbocycles. The van der Waals surface area contributed by atoms with Gasteiger partial charge in [0.2, 0.25) is 11.8 Å². The normalized spacial score (nSPS) is 12.7. The Kier molecular flexibility index (Phi) is 6.72. The second-order valence-electron chi connectivity index (χ2n) is 4.52. The fourth-order valence-corrected chi connectivity index (χ4v) is 1.27. The summed E-state index contributed by atoms with van der Waals surface area (Å²) in [5, 5.41) is 5.46. The lowest BCUT2D eigenvalue weighted by Crippen LogP contribution is -2.50. The predicted molar refractivity (Wildman–Crippen MR) is 64.0 cm³/mol. The number of nitrogens with one attached hydrogen (secondary N) is 2. The van der Waals surface area contributed by atoms with Gasteiger partial charge in [-0.05, 0) is 20.0 Å². The van der Waals surface area contributed by atoms with Crippen molar-refractivity contribution in [3.63, 3.8) is 0 Å². The van der Waals surface area contributed by atoms with Gasteiger partial charge in [-0.15, -0.1) is 0 Å². The number of hydrogen-bond donors (Lipinski definition) is 2. The molecule has 1 unspecified atom stereocenters. The summed E-state index contributed by atoms with van der Waals surface area (Å²) in [4.78, 5) is 24.7. The van der Waals surface area contributed by atoms with Gasteiger partial charge in [0.1, 0.15) is 6.04 Å². The third kappa shape index (κ3) is 6.40. The Labute approximate surface area is 97.6 Å². The third-order valence-corrected chi connectivity index (χ3v) is 2.17. The number of likely N-dealkylation sites (N-methyl/N-ethyl adjacent to an activating group) is 1. The summed E-state index contributed by atoms with van der Waals surface area (Å²) in [5.41, 5.74) is 0. The van der Waals surface area contributed by atoms with E-state index in [4.69, 9.17) is 0 Å². The first-order valence-corrected chi connectivity index (χ1v) is 5.54. The molecule has 0 heterocycles. The molecule has 0 rings (SSSR count). The van der Waals surface area contributed by atoms with Crippen LogP contribution in [0.5, 0.6) is 0 Å². The van der Waals surface area contributed by atoms with Gasteiger partial charge in [-0.2, -0.15) is 0 Å². The highest BCUT2D eigenvalue weighted by atomic mass is 16.2. The van der Waals surface area contributed by atoms with E-state index >= 15 is 0 Å². The van der Waals surface area contributed by atoms with Crippen LogP contribution >= 0.6 is 0 Å². The second-order valence-corrected chi connectivity index (χ2v) is 4.52. The Balaban J connectivity index is 4.12. The van der Waals surface area contributed by atoms with Crippen molar-refractivity contribution >= 4 is 11.8 Å². The van der Waals surface area contributed by atoms with Crippen molar-refractivity contribution in [2.45, 2.75) is 26.8 Å². The predicted octanol–water partition coefficient (Wildman–Crippen LogP) is -0.175. The number of rotatable bonds is 6. The molecule has 5 heteroatoms. The maximum absolute atomic E-state index is 11.8. The lowest BCUT2D eigenvalue weighted by atomic mass is 10.0. The van der Waals surface area contributed by atoms with Crippen LogP contribution in [0.15, 0.2) is 0 Å². The maximum atomic E-state index is 11.8. The fraction of sp³-hybridized carbons (Fsp3) is 0.818. The van der Waals surface area contributed by atoms with Crippen molar-refractivity contribution in [3.05, 3.63) is 0 Å². The van der Waals surface area contributed by atoms with Crippen molar-refractivity contribution in [1.82, 2.24) is 15.5 Å². The van der Waals surface area contributed by atoms with Crippen LogP contribution in [0.2, 0.25) is 0 Å². The van der Waals surface area contributed by atoms with Gasteiger partial charge in [0.05, 0.1) is 0 Å². The van der Waals surface area contributed by atoms with E-state index in [2.05, 4.69) is 10.6 Å². The van der Waals surface area contributed by atoms with Gasteiger partial charge in [0, 0.05) is 20.0 Å².